The summed E-state index contributed by atoms with van der Waals surface area (Å²) in [5.74, 6) is -0.605. The summed E-state index contributed by atoms with van der Waals surface area (Å²) < 4.78 is 28.1. The van der Waals surface area contributed by atoms with Gasteiger partial charge >= 0.3 is 11.7 Å². The van der Waals surface area contributed by atoms with E-state index >= 15 is 0 Å². The van der Waals surface area contributed by atoms with Crippen LogP contribution in [0.15, 0.2) is 52.2 Å². The number of nitriles is 1. The first-order chi connectivity index (χ1) is 18.2. The number of esters is 1. The average Bonchev–Trinajstić information content (AvgIpc) is 3.20. The van der Waals surface area contributed by atoms with Crippen molar-refractivity contribution in [2.24, 2.45) is 0 Å². The highest BCUT2D eigenvalue weighted by Gasteiger charge is 2.50. The lowest BCUT2D eigenvalue weighted by Crippen LogP contribution is -2.42. The van der Waals surface area contributed by atoms with E-state index in [1.807, 2.05) is 34.6 Å². The van der Waals surface area contributed by atoms with Crippen molar-refractivity contribution in [3.05, 3.63) is 69.0 Å². The Morgan fingerprint density at radius 2 is 1.84 bits per heavy atom. The van der Waals surface area contributed by atoms with Crippen LogP contribution in [-0.4, -0.2) is 57.2 Å². The Balaban J connectivity index is 2.03. The Morgan fingerprint density at radius 1 is 1.16 bits per heavy atom. The van der Waals surface area contributed by atoms with Crippen molar-refractivity contribution in [1.29, 1.82) is 5.26 Å². The molecule has 1 N–H and O–H groups in total. The molecule has 0 spiro atoms. The fourth-order valence-electron chi connectivity index (χ4n) is 4.31. The van der Waals surface area contributed by atoms with E-state index in [9.17, 15) is 14.4 Å². The summed E-state index contributed by atoms with van der Waals surface area (Å²) >= 11 is 0. The van der Waals surface area contributed by atoms with E-state index in [1.54, 1.807) is 30.3 Å². The van der Waals surface area contributed by atoms with Gasteiger partial charge in [-0.25, -0.2) is 14.3 Å². The first kappa shape index (κ1) is 29.7. The predicted molar refractivity (Wildman–Crippen MR) is 141 cm³/mol. The summed E-state index contributed by atoms with van der Waals surface area (Å²) in [6, 6.07) is 11.9. The zero-order chi connectivity index (χ0) is 27.8. The zero-order valence-corrected chi connectivity index (χ0v) is 23.2. The highest BCUT2D eigenvalue weighted by Crippen LogP contribution is 2.50. The number of ether oxygens (including phenoxy) is 2. The summed E-state index contributed by atoms with van der Waals surface area (Å²) in [6.45, 7) is 10.1. The molecule has 206 valence electrons. The molecule has 2 heterocycles. The molecule has 1 aromatic heterocycles. The van der Waals surface area contributed by atoms with Gasteiger partial charge < -0.3 is 18.5 Å². The number of carbonyl (C=O) groups is 1. The molecule has 0 radical (unpaired) electrons. The van der Waals surface area contributed by atoms with Gasteiger partial charge in [-0.15, -0.1) is 0 Å². The molecule has 0 bridgehead atoms. The maximum absolute atomic E-state index is 13.2. The lowest BCUT2D eigenvalue weighted by atomic mass is 10.1. The van der Waals surface area contributed by atoms with Crippen molar-refractivity contribution in [2.75, 3.05) is 6.61 Å². The molecule has 1 saturated heterocycles. The molecule has 0 aliphatic carbocycles. The van der Waals surface area contributed by atoms with Gasteiger partial charge in [0.15, 0.2) is 12.3 Å². The van der Waals surface area contributed by atoms with Crippen LogP contribution in [-0.2, 0) is 18.5 Å². The number of hydrogen-bond acceptors (Lipinski definition) is 9. The molecule has 1 aliphatic heterocycles. The number of benzene rings is 1. The summed E-state index contributed by atoms with van der Waals surface area (Å²) in [7, 11) is -1.70. The Labute approximate surface area is 223 Å². The fourth-order valence-corrected chi connectivity index (χ4v) is 6.07. The van der Waals surface area contributed by atoms with Crippen LogP contribution in [0, 0.1) is 11.3 Å². The van der Waals surface area contributed by atoms with Crippen molar-refractivity contribution in [3.63, 3.8) is 0 Å². The van der Waals surface area contributed by atoms with Crippen LogP contribution in [0.1, 0.15) is 64.0 Å². The number of carbonyl (C=O) groups excluding carboxylic acids is 1. The van der Waals surface area contributed by atoms with Crippen LogP contribution in [0.3, 0.4) is 0 Å². The second-order valence-electron chi connectivity index (χ2n) is 9.34. The van der Waals surface area contributed by atoms with Crippen LogP contribution in [0.4, 0.5) is 0 Å². The topological polar surface area (TPSA) is 136 Å². The van der Waals surface area contributed by atoms with Gasteiger partial charge in [0.05, 0.1) is 30.8 Å². The largest absolute Gasteiger partial charge is 0.451 e. The maximum Gasteiger partial charge on any atom is 0.338 e. The number of aromatic nitrogens is 2. The van der Waals surface area contributed by atoms with Gasteiger partial charge in [-0.2, -0.15) is 5.26 Å². The summed E-state index contributed by atoms with van der Waals surface area (Å²) in [5.41, 5.74) is -0.921. The van der Waals surface area contributed by atoms with Gasteiger partial charge in [-0.05, 0) is 46.2 Å². The smallest absolute Gasteiger partial charge is 0.338 e. The van der Waals surface area contributed by atoms with Gasteiger partial charge in [0.2, 0.25) is 0 Å². The van der Waals surface area contributed by atoms with Crippen LogP contribution < -0.4 is 11.2 Å². The minimum absolute atomic E-state index is 0.0496. The van der Waals surface area contributed by atoms with Crippen LogP contribution >= 0.6 is 8.53 Å². The van der Waals surface area contributed by atoms with Crippen molar-refractivity contribution in [3.8, 4) is 6.07 Å². The number of nitrogens with zero attached hydrogens (tertiary/aromatic N) is 3. The van der Waals surface area contributed by atoms with Gasteiger partial charge in [0.1, 0.15) is 6.10 Å². The van der Waals surface area contributed by atoms with E-state index in [1.165, 1.54) is 16.8 Å². The Hall–Kier alpha value is -2.87. The molecule has 11 nitrogen and oxygen atoms in total. The van der Waals surface area contributed by atoms with Crippen molar-refractivity contribution < 1.29 is 23.3 Å². The standard InChI is InChI=1S/C26H35N4O7P/c1-6-20-22(37-38(34-16-10-14-27)30(17(2)3)18(4)5)23(36-25(32)19-11-8-7-9-12-19)24(35-20)29-15-13-21(31)28-26(29)33/h7-9,11-13,15,17-18,20,22-24H,6,10,16H2,1-5H3,(H,28,31,33)/t20-,22?,23+,24-,38?/m1/s1. The van der Waals surface area contributed by atoms with Crippen LogP contribution in [0.25, 0.3) is 0 Å². The molecule has 2 aromatic rings. The predicted octanol–water partition coefficient (Wildman–Crippen LogP) is 3.73. The number of nitrogens with one attached hydrogen (secondary N) is 1. The van der Waals surface area contributed by atoms with E-state index in [0.717, 1.165) is 0 Å². The van der Waals surface area contributed by atoms with Gasteiger partial charge in [0.25, 0.3) is 14.1 Å². The molecule has 1 aliphatic rings. The summed E-state index contributed by atoms with van der Waals surface area (Å²) in [4.78, 5) is 39.8. The lowest BCUT2D eigenvalue weighted by Gasteiger charge is -2.38. The first-order valence-electron chi connectivity index (χ1n) is 12.7. The fraction of sp³-hybridized carbons (Fsp3) is 0.538. The molecule has 1 aromatic carbocycles. The second kappa shape index (κ2) is 13.8. The molecular weight excluding hydrogens is 511 g/mol. The monoisotopic (exact) mass is 546 g/mol. The second-order valence-corrected chi connectivity index (χ2v) is 10.7. The SMILES string of the molecule is CC[C@H]1O[C@@H](n2ccc(=O)[nH]c2=O)[C@@H](OC(=O)c2ccccc2)C1OP(OCCC#N)N(C(C)C)C(C)C. The normalized spacial score (nSPS) is 22.1. The summed E-state index contributed by atoms with van der Waals surface area (Å²) in [5, 5.41) is 9.04. The number of hydrogen-bond donors (Lipinski definition) is 1. The molecule has 0 amide bonds. The third kappa shape index (κ3) is 7.16. The quantitative estimate of drug-likeness (QED) is 0.240. The highest BCUT2D eigenvalue weighted by atomic mass is 31.2. The number of aromatic amines is 1. The van der Waals surface area contributed by atoms with Crippen molar-refractivity contribution in [1.82, 2.24) is 14.2 Å². The van der Waals surface area contributed by atoms with Crippen molar-refractivity contribution in [2.45, 2.75) is 84.1 Å². The minimum atomic E-state index is -1.70. The highest BCUT2D eigenvalue weighted by molar-refractivity contribution is 7.44. The molecule has 2 unspecified atom stereocenters. The van der Waals surface area contributed by atoms with Gasteiger partial charge in [-0.3, -0.25) is 14.3 Å². The third-order valence-corrected chi connectivity index (χ3v) is 8.07. The third-order valence-electron chi connectivity index (χ3n) is 5.94. The molecule has 3 rings (SSSR count). The Morgan fingerprint density at radius 3 is 2.42 bits per heavy atom. The van der Waals surface area contributed by atoms with Gasteiger partial charge in [0, 0.05) is 24.3 Å². The maximum atomic E-state index is 13.2. The summed E-state index contributed by atoms with van der Waals surface area (Å²) in [6.07, 6.45) is -1.46. The molecule has 0 saturated carbocycles. The molecular formula is C26H35N4O7P. The average molecular weight is 547 g/mol. The van der Waals surface area contributed by atoms with E-state index in [4.69, 9.17) is 23.8 Å². The van der Waals surface area contributed by atoms with E-state index < -0.39 is 50.3 Å². The van der Waals surface area contributed by atoms with Gasteiger partial charge in [-0.1, -0.05) is 25.1 Å². The molecule has 12 heteroatoms. The number of rotatable bonds is 12. The zero-order valence-electron chi connectivity index (χ0n) is 22.3. The van der Waals surface area contributed by atoms with E-state index in [-0.39, 0.29) is 25.1 Å². The Kier molecular flexibility index (Phi) is 10.8. The molecule has 5 atom stereocenters. The Bertz CT molecular complexity index is 1200. The van der Waals surface area contributed by atoms with E-state index in [0.29, 0.717) is 12.0 Å². The molecule has 1 fully saturated rings. The van der Waals surface area contributed by atoms with Crippen LogP contribution in [0.2, 0.25) is 0 Å². The minimum Gasteiger partial charge on any atom is -0.451 e. The van der Waals surface area contributed by atoms with Crippen molar-refractivity contribution >= 4 is 14.5 Å². The number of H-pyrrole nitrogens is 1. The van der Waals surface area contributed by atoms with E-state index in [2.05, 4.69) is 15.7 Å². The molecule has 38 heavy (non-hydrogen) atoms. The lowest BCUT2D eigenvalue weighted by molar-refractivity contribution is -0.0516. The first-order valence-corrected chi connectivity index (χ1v) is 13.8. The van der Waals surface area contributed by atoms with Crippen LogP contribution in [0.5, 0.6) is 0 Å².